The molecule has 0 aliphatic heterocycles. The average molecular weight is 428 g/mol. The summed E-state index contributed by atoms with van der Waals surface area (Å²) in [4.78, 5) is 22.2. The SMILES string of the molecule is CCO/C(=C\Oc1ccc(Cn2cc(COC(=O)C(=O)OC)cn2)cc1)C(F)(F)F. The summed E-state index contributed by atoms with van der Waals surface area (Å²) in [5, 5.41) is 4.11. The number of esters is 2. The zero-order valence-corrected chi connectivity index (χ0v) is 16.1. The predicted octanol–water partition coefficient (Wildman–Crippen LogP) is 2.97. The first kappa shape index (κ1) is 22.8. The lowest BCUT2D eigenvalue weighted by Gasteiger charge is -2.12. The van der Waals surface area contributed by atoms with Gasteiger partial charge in [-0.2, -0.15) is 18.3 Å². The van der Waals surface area contributed by atoms with E-state index in [9.17, 15) is 22.8 Å². The van der Waals surface area contributed by atoms with Crippen LogP contribution in [-0.2, 0) is 37.0 Å². The fourth-order valence-corrected chi connectivity index (χ4v) is 2.18. The third-order valence-electron chi connectivity index (χ3n) is 3.56. The van der Waals surface area contributed by atoms with Gasteiger partial charge in [-0.15, -0.1) is 0 Å². The fourth-order valence-electron chi connectivity index (χ4n) is 2.18. The molecule has 0 aliphatic rings. The number of rotatable bonds is 8. The highest BCUT2D eigenvalue weighted by molar-refractivity contribution is 6.29. The number of carbonyl (C=O) groups excluding carboxylic acids is 2. The van der Waals surface area contributed by atoms with E-state index >= 15 is 0 Å². The second-order valence-corrected chi connectivity index (χ2v) is 5.79. The Hall–Kier alpha value is -3.50. The fraction of sp³-hybridized carbons (Fsp3) is 0.316. The van der Waals surface area contributed by atoms with Crippen molar-refractivity contribution in [3.8, 4) is 5.75 Å². The minimum Gasteiger partial charge on any atom is -0.487 e. The van der Waals surface area contributed by atoms with Crippen molar-refractivity contribution in [3.63, 3.8) is 0 Å². The number of halogens is 3. The molecule has 0 unspecified atom stereocenters. The van der Waals surface area contributed by atoms with Crippen molar-refractivity contribution < 1.29 is 41.7 Å². The number of ether oxygens (including phenoxy) is 4. The highest BCUT2D eigenvalue weighted by atomic mass is 19.4. The van der Waals surface area contributed by atoms with Gasteiger partial charge in [-0.25, -0.2) is 9.59 Å². The third kappa shape index (κ3) is 6.83. The Morgan fingerprint density at radius 3 is 2.40 bits per heavy atom. The van der Waals surface area contributed by atoms with Crippen molar-refractivity contribution in [2.45, 2.75) is 26.3 Å². The van der Waals surface area contributed by atoms with Crippen LogP contribution in [0.1, 0.15) is 18.1 Å². The number of alkyl halides is 3. The van der Waals surface area contributed by atoms with Crippen molar-refractivity contribution in [1.82, 2.24) is 9.78 Å². The minimum absolute atomic E-state index is 0.138. The molecule has 0 atom stereocenters. The summed E-state index contributed by atoms with van der Waals surface area (Å²) in [6, 6.07) is 6.34. The number of nitrogens with zero attached hydrogens (tertiary/aromatic N) is 2. The monoisotopic (exact) mass is 428 g/mol. The van der Waals surface area contributed by atoms with E-state index in [-0.39, 0.29) is 19.0 Å². The lowest BCUT2D eigenvalue weighted by Crippen LogP contribution is -2.18. The predicted molar refractivity (Wildman–Crippen MR) is 96.0 cm³/mol. The number of hydrogen-bond donors (Lipinski definition) is 0. The van der Waals surface area contributed by atoms with E-state index in [1.165, 1.54) is 25.3 Å². The van der Waals surface area contributed by atoms with Gasteiger partial charge in [0.2, 0.25) is 5.76 Å². The summed E-state index contributed by atoms with van der Waals surface area (Å²) >= 11 is 0. The summed E-state index contributed by atoms with van der Waals surface area (Å²) in [7, 11) is 1.07. The summed E-state index contributed by atoms with van der Waals surface area (Å²) in [5.41, 5.74) is 1.36. The molecule has 2 rings (SSSR count). The van der Waals surface area contributed by atoms with Gasteiger partial charge in [0, 0.05) is 11.8 Å². The molecule has 2 aromatic rings. The second kappa shape index (κ2) is 10.3. The summed E-state index contributed by atoms with van der Waals surface area (Å²) < 4.78 is 58.4. The van der Waals surface area contributed by atoms with E-state index in [1.807, 2.05) is 0 Å². The Bertz CT molecular complexity index is 890. The molecule has 11 heteroatoms. The molecule has 0 saturated heterocycles. The smallest absolute Gasteiger partial charge is 0.452 e. The highest BCUT2D eigenvalue weighted by Crippen LogP contribution is 2.27. The molecular weight excluding hydrogens is 409 g/mol. The Kier molecular flexibility index (Phi) is 7.84. The lowest BCUT2D eigenvalue weighted by atomic mass is 10.2. The van der Waals surface area contributed by atoms with Crippen LogP contribution >= 0.6 is 0 Å². The normalized spacial score (nSPS) is 11.7. The molecule has 0 spiro atoms. The van der Waals surface area contributed by atoms with Crippen LogP contribution < -0.4 is 4.74 Å². The summed E-state index contributed by atoms with van der Waals surface area (Å²) in [6.07, 6.45) is -1.03. The van der Waals surface area contributed by atoms with Gasteiger partial charge in [-0.1, -0.05) is 12.1 Å². The highest BCUT2D eigenvalue weighted by Gasteiger charge is 2.36. The summed E-state index contributed by atoms with van der Waals surface area (Å²) in [6.45, 7) is 1.52. The van der Waals surface area contributed by atoms with Gasteiger partial charge >= 0.3 is 18.1 Å². The number of methoxy groups -OCH3 is 1. The van der Waals surface area contributed by atoms with Gasteiger partial charge in [-0.3, -0.25) is 4.68 Å². The number of allylic oxidation sites excluding steroid dienone is 1. The Balaban J connectivity index is 1.92. The number of benzene rings is 1. The minimum atomic E-state index is -4.64. The molecule has 0 bridgehead atoms. The van der Waals surface area contributed by atoms with Crippen LogP contribution in [0.15, 0.2) is 48.7 Å². The maximum Gasteiger partial charge on any atom is 0.452 e. The Labute approximate surface area is 169 Å². The van der Waals surface area contributed by atoms with Crippen molar-refractivity contribution in [3.05, 3.63) is 59.8 Å². The molecule has 0 radical (unpaired) electrons. The molecule has 0 fully saturated rings. The lowest BCUT2D eigenvalue weighted by molar-refractivity contribution is -0.166. The van der Waals surface area contributed by atoms with Crippen LogP contribution in [0.3, 0.4) is 0 Å². The molecule has 8 nitrogen and oxygen atoms in total. The van der Waals surface area contributed by atoms with E-state index in [0.29, 0.717) is 18.4 Å². The van der Waals surface area contributed by atoms with Gasteiger partial charge < -0.3 is 18.9 Å². The van der Waals surface area contributed by atoms with Crippen LogP contribution in [0.2, 0.25) is 0 Å². The summed E-state index contributed by atoms with van der Waals surface area (Å²) in [5.74, 6) is -3.21. The topological polar surface area (TPSA) is 88.9 Å². The van der Waals surface area contributed by atoms with Crippen LogP contribution in [0.5, 0.6) is 5.75 Å². The van der Waals surface area contributed by atoms with E-state index in [2.05, 4.69) is 14.6 Å². The third-order valence-corrected chi connectivity index (χ3v) is 3.56. The van der Waals surface area contributed by atoms with Crippen LogP contribution in [0.4, 0.5) is 13.2 Å². The van der Waals surface area contributed by atoms with Gasteiger partial charge in [0.15, 0.2) is 0 Å². The van der Waals surface area contributed by atoms with Gasteiger partial charge in [0.1, 0.15) is 18.6 Å². The number of carbonyl (C=O) groups is 2. The molecule has 0 N–H and O–H groups in total. The molecule has 0 aliphatic carbocycles. The maximum atomic E-state index is 12.7. The van der Waals surface area contributed by atoms with Crippen LogP contribution in [0.25, 0.3) is 0 Å². The molecule has 0 saturated carbocycles. The van der Waals surface area contributed by atoms with Gasteiger partial charge in [0.25, 0.3) is 0 Å². The van der Waals surface area contributed by atoms with E-state index < -0.39 is 23.9 Å². The molecule has 0 amide bonds. The first-order valence-electron chi connectivity index (χ1n) is 8.65. The average Bonchev–Trinajstić information content (AvgIpc) is 3.16. The molecule has 1 aromatic heterocycles. The standard InChI is InChI=1S/C19H19F3N2O6/c1-3-28-16(19(20,21)22)12-29-15-6-4-13(5-7-15)9-24-10-14(8-23-24)11-30-18(26)17(25)27-2/h4-8,10,12H,3,9,11H2,1-2H3/b16-12-. The van der Waals surface area contributed by atoms with Gasteiger partial charge in [-0.05, 0) is 24.6 Å². The van der Waals surface area contributed by atoms with E-state index in [1.54, 1.807) is 23.0 Å². The zero-order chi connectivity index (χ0) is 22.1. The van der Waals surface area contributed by atoms with Crippen molar-refractivity contribution in [1.29, 1.82) is 0 Å². The van der Waals surface area contributed by atoms with Crippen molar-refractivity contribution >= 4 is 11.9 Å². The second-order valence-electron chi connectivity index (χ2n) is 5.79. The molecule has 162 valence electrons. The first-order chi connectivity index (χ1) is 14.2. The van der Waals surface area contributed by atoms with Crippen molar-refractivity contribution in [2.75, 3.05) is 13.7 Å². The molecule has 1 aromatic carbocycles. The molecular formula is C19H19F3N2O6. The van der Waals surface area contributed by atoms with Crippen LogP contribution in [-0.4, -0.2) is 41.6 Å². The molecule has 30 heavy (non-hydrogen) atoms. The Morgan fingerprint density at radius 1 is 1.10 bits per heavy atom. The maximum absolute atomic E-state index is 12.7. The van der Waals surface area contributed by atoms with Crippen molar-refractivity contribution in [2.24, 2.45) is 0 Å². The Morgan fingerprint density at radius 2 is 1.80 bits per heavy atom. The van der Waals surface area contributed by atoms with Crippen LogP contribution in [0, 0.1) is 0 Å². The van der Waals surface area contributed by atoms with Gasteiger partial charge in [0.05, 0.1) is 26.5 Å². The van der Waals surface area contributed by atoms with E-state index in [4.69, 9.17) is 9.47 Å². The van der Waals surface area contributed by atoms with E-state index in [0.717, 1.165) is 12.7 Å². The number of hydrogen-bond acceptors (Lipinski definition) is 7. The zero-order valence-electron chi connectivity index (χ0n) is 16.1. The first-order valence-corrected chi connectivity index (χ1v) is 8.65. The molecule has 1 heterocycles. The number of aromatic nitrogens is 2. The quantitative estimate of drug-likeness (QED) is 0.363. The largest absolute Gasteiger partial charge is 0.487 e.